The Morgan fingerprint density at radius 3 is 0.971 bits per heavy atom. The van der Waals surface area contributed by atoms with Gasteiger partial charge in [0, 0.05) is 38.8 Å². The largest absolute Gasteiger partial charge is 0.313 e. The van der Waals surface area contributed by atoms with Crippen LogP contribution in [-0.2, 0) is 6.42 Å². The first kappa shape index (κ1) is 39.6. The summed E-state index contributed by atoms with van der Waals surface area (Å²) in [6.07, 6.45) is 6.69. The van der Waals surface area contributed by atoms with Crippen LogP contribution in [0, 0.1) is 0 Å². The summed E-state index contributed by atoms with van der Waals surface area (Å²) >= 11 is 0. The average Bonchev–Trinajstić information content (AvgIpc) is 3.94. The normalized spacial score (nSPS) is 12.2. The Morgan fingerprint density at radius 1 is 0.265 bits per heavy atom. The van der Waals surface area contributed by atoms with Crippen LogP contribution in [0.1, 0.15) is 17.7 Å². The molecule has 2 aromatic heterocycles. The van der Waals surface area contributed by atoms with Crippen LogP contribution in [0.15, 0.2) is 249 Å². The minimum absolute atomic E-state index is 1.01. The van der Waals surface area contributed by atoms with Crippen LogP contribution >= 0.6 is 0 Å². The second-order valence-corrected chi connectivity index (χ2v) is 17.8. The Bertz CT molecular complexity index is 3680. The maximum atomic E-state index is 2.49. The second-order valence-electron chi connectivity index (χ2n) is 17.8. The quantitative estimate of drug-likeness (QED) is 0.144. The van der Waals surface area contributed by atoms with E-state index in [0.29, 0.717) is 0 Å². The number of fused-ring (bicyclic) bond motifs is 6. The zero-order valence-electron chi connectivity index (χ0n) is 37.6. The van der Waals surface area contributed by atoms with Gasteiger partial charge in [-0.1, -0.05) is 212 Å². The number of aromatic nitrogens is 2. The lowest BCUT2D eigenvalue weighted by Crippen LogP contribution is -2.04. The van der Waals surface area contributed by atoms with E-state index in [0.717, 1.165) is 24.1 Å². The van der Waals surface area contributed by atoms with Gasteiger partial charge in [-0.3, -0.25) is 0 Å². The SMILES string of the molecule is C1=Cc2c(n(-c3ccc(-c4c(-c5ccccc5)c(-c5ccccc5)c(-c5ccc(-n6c7ccccc7c7ccccc76)cc5)c(-c5ccccc5)c4-c4ccccc4)cc3)c3ccccc23)CC1. The van der Waals surface area contributed by atoms with Gasteiger partial charge < -0.3 is 9.13 Å². The molecule has 12 aromatic rings. The molecule has 0 fully saturated rings. The van der Waals surface area contributed by atoms with Crippen LogP contribution < -0.4 is 0 Å². The van der Waals surface area contributed by atoms with Crippen molar-refractivity contribution in [3.63, 3.8) is 0 Å². The summed E-state index contributed by atoms with van der Waals surface area (Å²) < 4.78 is 4.90. The summed E-state index contributed by atoms with van der Waals surface area (Å²) in [7, 11) is 0. The van der Waals surface area contributed by atoms with Crippen molar-refractivity contribution in [2.45, 2.75) is 12.8 Å². The molecular weight excluding hydrogens is 821 g/mol. The summed E-state index contributed by atoms with van der Waals surface area (Å²) in [5, 5.41) is 3.82. The predicted octanol–water partition coefficient (Wildman–Crippen LogP) is 17.7. The smallest absolute Gasteiger partial charge is 0.0541 e. The Morgan fingerprint density at radius 2 is 0.574 bits per heavy atom. The fraction of sp³-hybridized carbons (Fsp3) is 0.0303. The Labute approximate surface area is 397 Å². The Balaban J connectivity index is 1.13. The van der Waals surface area contributed by atoms with Crippen molar-refractivity contribution in [1.29, 1.82) is 0 Å². The number of para-hydroxylation sites is 3. The number of benzene rings is 10. The zero-order valence-corrected chi connectivity index (χ0v) is 37.6. The molecule has 0 saturated heterocycles. The van der Waals surface area contributed by atoms with E-state index < -0.39 is 0 Å². The standard InChI is InChI=1S/C66H46N2/c1-5-21-45(22-6-1)61-62(46-23-7-2-8-24-46)66(50-39-43-52(44-40-50)68-59-35-19-15-31-55(59)56-32-16-20-36-60(56)68)64(48-27-11-4-12-28-48)63(47-25-9-3-10-26-47)65(61)49-37-41-51(42-38-49)67-57-33-17-13-29-53(57)54-30-14-18-34-58(54)67/h1-19,21-35,37-44H,20,36H2. The van der Waals surface area contributed by atoms with Gasteiger partial charge in [-0.05, 0) is 122 Å². The van der Waals surface area contributed by atoms with Gasteiger partial charge in [-0.25, -0.2) is 0 Å². The molecule has 13 rings (SSSR count). The van der Waals surface area contributed by atoms with Gasteiger partial charge in [0.2, 0.25) is 0 Å². The number of allylic oxidation sites excluding steroid dienone is 1. The molecule has 2 heterocycles. The molecule has 0 amide bonds. The topological polar surface area (TPSA) is 9.86 Å². The molecule has 1 aliphatic carbocycles. The number of rotatable bonds is 8. The van der Waals surface area contributed by atoms with E-state index in [1.54, 1.807) is 0 Å². The van der Waals surface area contributed by atoms with Gasteiger partial charge in [0.05, 0.1) is 16.6 Å². The molecule has 0 bridgehead atoms. The molecule has 320 valence electrons. The number of hydrogen-bond acceptors (Lipinski definition) is 0. The molecular formula is C66H46N2. The van der Waals surface area contributed by atoms with Crippen molar-refractivity contribution < 1.29 is 0 Å². The van der Waals surface area contributed by atoms with Gasteiger partial charge >= 0.3 is 0 Å². The van der Waals surface area contributed by atoms with Gasteiger partial charge in [0.1, 0.15) is 0 Å². The summed E-state index contributed by atoms with van der Waals surface area (Å²) in [4.78, 5) is 0. The van der Waals surface area contributed by atoms with Crippen LogP contribution in [0.2, 0.25) is 0 Å². The summed E-state index contributed by atoms with van der Waals surface area (Å²) in [6, 6.07) is 89.4. The van der Waals surface area contributed by atoms with E-state index in [2.05, 4.69) is 264 Å². The lowest BCUT2D eigenvalue weighted by atomic mass is 9.74. The summed E-state index contributed by atoms with van der Waals surface area (Å²) in [5.41, 5.74) is 22.9. The first-order valence-electron chi connectivity index (χ1n) is 23.7. The Hall–Kier alpha value is -8.72. The maximum absolute atomic E-state index is 2.49. The van der Waals surface area contributed by atoms with E-state index >= 15 is 0 Å². The maximum Gasteiger partial charge on any atom is 0.0541 e. The highest BCUT2D eigenvalue weighted by Gasteiger charge is 2.29. The van der Waals surface area contributed by atoms with Gasteiger partial charge in [-0.15, -0.1) is 0 Å². The van der Waals surface area contributed by atoms with Crippen molar-refractivity contribution in [2.75, 3.05) is 0 Å². The molecule has 0 spiro atoms. The molecule has 0 atom stereocenters. The highest BCUT2D eigenvalue weighted by atomic mass is 15.0. The highest BCUT2D eigenvalue weighted by Crippen LogP contribution is 2.56. The van der Waals surface area contributed by atoms with E-state index in [1.807, 2.05) is 0 Å². The van der Waals surface area contributed by atoms with E-state index in [9.17, 15) is 0 Å². The van der Waals surface area contributed by atoms with Crippen LogP contribution in [0.4, 0.5) is 0 Å². The van der Waals surface area contributed by atoms with Crippen LogP contribution in [0.3, 0.4) is 0 Å². The van der Waals surface area contributed by atoms with Gasteiger partial charge in [-0.2, -0.15) is 0 Å². The Kier molecular flexibility index (Phi) is 9.68. The van der Waals surface area contributed by atoms with Crippen LogP contribution in [0.25, 0.3) is 117 Å². The van der Waals surface area contributed by atoms with Crippen molar-refractivity contribution in [3.8, 4) is 78.1 Å². The summed E-state index contributed by atoms with van der Waals surface area (Å²) in [5.74, 6) is 0. The minimum atomic E-state index is 1.01. The van der Waals surface area contributed by atoms with E-state index in [1.165, 1.54) is 111 Å². The molecule has 1 aliphatic rings. The molecule has 68 heavy (non-hydrogen) atoms. The predicted molar refractivity (Wildman–Crippen MR) is 288 cm³/mol. The van der Waals surface area contributed by atoms with Crippen molar-refractivity contribution in [3.05, 3.63) is 260 Å². The lowest BCUT2D eigenvalue weighted by molar-refractivity contribution is 0.888. The van der Waals surface area contributed by atoms with Gasteiger partial charge in [0.25, 0.3) is 0 Å². The third kappa shape index (κ3) is 6.48. The average molecular weight is 867 g/mol. The second kappa shape index (κ2) is 16.6. The van der Waals surface area contributed by atoms with Crippen molar-refractivity contribution >= 4 is 38.8 Å². The molecule has 0 unspecified atom stereocenters. The molecule has 2 nitrogen and oxygen atoms in total. The first-order valence-corrected chi connectivity index (χ1v) is 23.7. The molecule has 0 saturated carbocycles. The lowest BCUT2D eigenvalue weighted by Gasteiger charge is -2.29. The minimum Gasteiger partial charge on any atom is -0.313 e. The molecule has 10 aromatic carbocycles. The zero-order chi connectivity index (χ0) is 45.0. The fourth-order valence-electron chi connectivity index (χ4n) is 11.1. The van der Waals surface area contributed by atoms with Gasteiger partial charge in [0.15, 0.2) is 0 Å². The highest BCUT2D eigenvalue weighted by molar-refractivity contribution is 6.15. The third-order valence-electron chi connectivity index (χ3n) is 14.0. The van der Waals surface area contributed by atoms with E-state index in [-0.39, 0.29) is 0 Å². The molecule has 0 N–H and O–H groups in total. The summed E-state index contributed by atoms with van der Waals surface area (Å²) in [6.45, 7) is 0. The molecule has 2 heteroatoms. The van der Waals surface area contributed by atoms with E-state index in [4.69, 9.17) is 0 Å². The third-order valence-corrected chi connectivity index (χ3v) is 14.0. The monoisotopic (exact) mass is 866 g/mol. The molecule has 0 aliphatic heterocycles. The first-order chi connectivity index (χ1) is 33.8. The van der Waals surface area contributed by atoms with Crippen molar-refractivity contribution in [1.82, 2.24) is 9.13 Å². The number of nitrogens with zero attached hydrogens (tertiary/aromatic N) is 2. The number of hydrogen-bond donors (Lipinski definition) is 0. The molecule has 0 radical (unpaired) electrons. The van der Waals surface area contributed by atoms with Crippen LogP contribution in [0.5, 0.6) is 0 Å². The van der Waals surface area contributed by atoms with Crippen molar-refractivity contribution in [2.24, 2.45) is 0 Å². The van der Waals surface area contributed by atoms with Crippen LogP contribution in [-0.4, -0.2) is 9.13 Å². The fourth-order valence-corrected chi connectivity index (χ4v) is 11.1.